The van der Waals surface area contributed by atoms with Crippen LogP contribution >= 0.6 is 11.6 Å². The fraction of sp³-hybridized carbons (Fsp3) is 0.273. The average Bonchev–Trinajstić information content (AvgIpc) is 3.02. The van der Waals surface area contributed by atoms with Gasteiger partial charge in [0.2, 0.25) is 0 Å². The summed E-state index contributed by atoms with van der Waals surface area (Å²) in [7, 11) is 1.38. The van der Waals surface area contributed by atoms with Crippen molar-refractivity contribution in [1.82, 2.24) is 14.8 Å². The number of nitrogens with zero attached hydrogens (tertiary/aromatic N) is 4. The molecule has 0 aliphatic carbocycles. The summed E-state index contributed by atoms with van der Waals surface area (Å²) >= 11 is 6.10. The van der Waals surface area contributed by atoms with Crippen molar-refractivity contribution in [2.75, 3.05) is 7.11 Å². The van der Waals surface area contributed by atoms with Gasteiger partial charge in [-0.15, -0.1) is 10.2 Å². The number of methoxy groups -OCH3 is 1. The number of fused-ring (bicyclic) bond motifs is 3. The molecule has 1 aliphatic heterocycles. The summed E-state index contributed by atoms with van der Waals surface area (Å²) in [4.78, 5) is 17.4. The fourth-order valence-corrected chi connectivity index (χ4v) is 3.78. The molecule has 6 nitrogen and oxygen atoms in total. The lowest BCUT2D eigenvalue weighted by molar-refractivity contribution is -0.145. The molecule has 0 fully saturated rings. The molecule has 0 saturated carbocycles. The number of rotatable bonds is 3. The summed E-state index contributed by atoms with van der Waals surface area (Å²) in [6.45, 7) is 5.74. The van der Waals surface area contributed by atoms with Crippen LogP contribution in [0.25, 0.3) is 5.69 Å². The summed E-state index contributed by atoms with van der Waals surface area (Å²) in [6.07, 6.45) is 0. The van der Waals surface area contributed by atoms with Crippen molar-refractivity contribution >= 4 is 23.3 Å². The summed E-state index contributed by atoms with van der Waals surface area (Å²) in [6, 6.07) is 13.2. The second-order valence-electron chi connectivity index (χ2n) is 7.20. The Balaban J connectivity index is 2.03. The lowest BCUT2D eigenvalue weighted by Gasteiger charge is -2.17. The lowest BCUT2D eigenvalue weighted by atomic mass is 9.98. The second kappa shape index (κ2) is 7.44. The maximum Gasteiger partial charge on any atom is 0.311 e. The van der Waals surface area contributed by atoms with Gasteiger partial charge in [0, 0.05) is 16.1 Å². The van der Waals surface area contributed by atoms with E-state index in [0.717, 1.165) is 33.9 Å². The molecule has 29 heavy (non-hydrogen) atoms. The molecule has 0 N–H and O–H groups in total. The van der Waals surface area contributed by atoms with Gasteiger partial charge in [0.15, 0.2) is 5.82 Å². The van der Waals surface area contributed by atoms with Crippen molar-refractivity contribution in [2.24, 2.45) is 10.9 Å². The molecular formula is C22H21ClN4O2. The lowest BCUT2D eigenvalue weighted by Crippen LogP contribution is -2.22. The predicted molar refractivity (Wildman–Crippen MR) is 112 cm³/mol. The van der Waals surface area contributed by atoms with E-state index in [4.69, 9.17) is 21.3 Å². The van der Waals surface area contributed by atoms with Crippen molar-refractivity contribution in [3.05, 3.63) is 75.8 Å². The van der Waals surface area contributed by atoms with Gasteiger partial charge in [0.05, 0.1) is 24.4 Å². The van der Waals surface area contributed by atoms with Crippen LogP contribution in [0.4, 0.5) is 0 Å². The zero-order valence-corrected chi connectivity index (χ0v) is 17.4. The van der Waals surface area contributed by atoms with Gasteiger partial charge in [-0.05, 0) is 45.0 Å². The summed E-state index contributed by atoms with van der Waals surface area (Å²) in [5, 5.41) is 9.29. The third-order valence-electron chi connectivity index (χ3n) is 5.19. The highest BCUT2D eigenvalue weighted by molar-refractivity contribution is 6.30. The van der Waals surface area contributed by atoms with Crippen LogP contribution in [0.15, 0.2) is 47.5 Å². The molecule has 0 amide bonds. The fourth-order valence-electron chi connectivity index (χ4n) is 3.66. The number of aliphatic imine (C=N–C) groups is 1. The van der Waals surface area contributed by atoms with Gasteiger partial charge in [-0.3, -0.25) is 14.4 Å². The summed E-state index contributed by atoms with van der Waals surface area (Å²) < 4.78 is 6.98. The number of aryl methyl sites for hydroxylation is 2. The third kappa shape index (κ3) is 3.34. The molecule has 3 aromatic rings. The predicted octanol–water partition coefficient (Wildman–Crippen LogP) is 4.24. The van der Waals surface area contributed by atoms with Crippen molar-refractivity contribution in [3.63, 3.8) is 0 Å². The number of benzene rings is 2. The Kier molecular flexibility index (Phi) is 4.96. The van der Waals surface area contributed by atoms with Gasteiger partial charge in [0.25, 0.3) is 0 Å². The molecule has 0 spiro atoms. The highest BCUT2D eigenvalue weighted by Gasteiger charge is 2.35. The third-order valence-corrected chi connectivity index (χ3v) is 5.45. The molecule has 1 aliphatic rings. The molecular weight excluding hydrogens is 388 g/mol. The van der Waals surface area contributed by atoms with E-state index in [1.54, 1.807) is 6.92 Å². The van der Waals surface area contributed by atoms with E-state index in [9.17, 15) is 4.79 Å². The molecule has 148 valence electrons. The molecule has 0 saturated heterocycles. The maximum absolute atomic E-state index is 12.4. The van der Waals surface area contributed by atoms with Gasteiger partial charge in [-0.25, -0.2) is 0 Å². The van der Waals surface area contributed by atoms with Crippen molar-refractivity contribution in [1.29, 1.82) is 0 Å². The number of aromatic nitrogens is 3. The van der Waals surface area contributed by atoms with Gasteiger partial charge < -0.3 is 4.74 Å². The van der Waals surface area contributed by atoms with Crippen LogP contribution in [0.1, 0.15) is 41.3 Å². The van der Waals surface area contributed by atoms with Crippen LogP contribution in [-0.4, -0.2) is 33.6 Å². The quantitative estimate of drug-likeness (QED) is 0.608. The normalized spacial score (nSPS) is 16.3. The Morgan fingerprint density at radius 3 is 2.55 bits per heavy atom. The number of halogens is 1. The molecule has 2 heterocycles. The number of carbonyl (C=O) groups is 1. The van der Waals surface area contributed by atoms with E-state index < -0.39 is 12.0 Å². The van der Waals surface area contributed by atoms with Crippen LogP contribution in [0.2, 0.25) is 5.02 Å². The van der Waals surface area contributed by atoms with Crippen LogP contribution in [0.5, 0.6) is 0 Å². The Labute approximate surface area is 174 Å². The van der Waals surface area contributed by atoms with Crippen molar-refractivity contribution in [2.45, 2.75) is 26.8 Å². The molecule has 1 aromatic heterocycles. The van der Waals surface area contributed by atoms with E-state index in [-0.39, 0.29) is 5.97 Å². The molecule has 0 unspecified atom stereocenters. The minimum absolute atomic E-state index is 0.344. The monoisotopic (exact) mass is 408 g/mol. The Hall–Kier alpha value is -2.99. The van der Waals surface area contributed by atoms with Crippen molar-refractivity contribution in [3.8, 4) is 5.69 Å². The minimum atomic E-state index is -0.540. The molecule has 2 aromatic carbocycles. The van der Waals surface area contributed by atoms with E-state index in [1.165, 1.54) is 7.11 Å². The minimum Gasteiger partial charge on any atom is -0.469 e. The highest BCUT2D eigenvalue weighted by Crippen LogP contribution is 2.35. The smallest absolute Gasteiger partial charge is 0.311 e. The number of hydrogen-bond acceptors (Lipinski definition) is 5. The van der Waals surface area contributed by atoms with Crippen molar-refractivity contribution < 1.29 is 9.53 Å². The number of carbonyl (C=O) groups excluding carboxylic acids is 1. The van der Waals surface area contributed by atoms with Gasteiger partial charge in [0.1, 0.15) is 11.9 Å². The first-order valence-electron chi connectivity index (χ1n) is 9.35. The molecule has 4 rings (SSSR count). The zero-order chi connectivity index (χ0) is 20.7. The van der Waals surface area contributed by atoms with E-state index in [2.05, 4.69) is 16.3 Å². The first-order chi connectivity index (χ1) is 13.9. The summed E-state index contributed by atoms with van der Waals surface area (Å²) in [5.41, 5.74) is 4.69. The zero-order valence-electron chi connectivity index (χ0n) is 16.7. The first kappa shape index (κ1) is 19.3. The highest BCUT2D eigenvalue weighted by atomic mass is 35.5. The topological polar surface area (TPSA) is 69.4 Å². The van der Waals surface area contributed by atoms with Gasteiger partial charge in [-0.1, -0.05) is 35.4 Å². The first-order valence-corrected chi connectivity index (χ1v) is 9.73. The average molecular weight is 409 g/mol. The Morgan fingerprint density at radius 1 is 1.14 bits per heavy atom. The van der Waals surface area contributed by atoms with E-state index in [1.807, 2.05) is 54.8 Å². The number of ether oxygens (including phenoxy) is 1. The molecule has 7 heteroatoms. The SMILES string of the molecule is COC(=O)[C@H](C)[C@@H]1N=C(c2ccc(Cl)cc2)c2cc(C)ccc2-n2c(C)nnc21. The molecule has 2 atom stereocenters. The van der Waals surface area contributed by atoms with Gasteiger partial charge >= 0.3 is 5.97 Å². The Morgan fingerprint density at radius 2 is 1.86 bits per heavy atom. The number of hydrogen-bond donors (Lipinski definition) is 0. The van der Waals surface area contributed by atoms with Crippen LogP contribution in [-0.2, 0) is 9.53 Å². The standard InChI is InChI=1S/C22H21ClN4O2/c1-12-5-10-18-17(11-12)20(15-6-8-16(23)9-7-15)24-19(13(2)22(28)29-4)21-26-25-14(3)27(18)21/h5-11,13,19H,1-4H3/t13-,19+/m1/s1. The van der Waals surface area contributed by atoms with E-state index in [0.29, 0.717) is 10.8 Å². The van der Waals surface area contributed by atoms with Gasteiger partial charge in [-0.2, -0.15) is 0 Å². The van der Waals surface area contributed by atoms with Crippen LogP contribution in [0.3, 0.4) is 0 Å². The van der Waals surface area contributed by atoms with E-state index >= 15 is 0 Å². The molecule has 0 radical (unpaired) electrons. The summed E-state index contributed by atoms with van der Waals surface area (Å²) in [5.74, 6) is 0.484. The van der Waals surface area contributed by atoms with Crippen LogP contribution < -0.4 is 0 Å². The van der Waals surface area contributed by atoms with Crippen LogP contribution in [0, 0.1) is 19.8 Å². The molecule has 0 bridgehead atoms. The number of esters is 1. The second-order valence-corrected chi connectivity index (χ2v) is 7.64. The maximum atomic E-state index is 12.4. The largest absolute Gasteiger partial charge is 0.469 e. The Bertz CT molecular complexity index is 1120.